The van der Waals surface area contributed by atoms with Crippen molar-refractivity contribution in [1.82, 2.24) is 9.97 Å². The molecule has 3 aromatic heterocycles. The minimum atomic E-state index is -3.43. The van der Waals surface area contributed by atoms with E-state index in [1.807, 2.05) is 48.7 Å². The van der Waals surface area contributed by atoms with Crippen LogP contribution in [0.3, 0.4) is 0 Å². The molecule has 0 radical (unpaired) electrons. The minimum Gasteiger partial charge on any atom is -0.361 e. The number of aromatic amines is 1. The average Bonchev–Trinajstić information content (AvgIpc) is 3.40. The lowest BCUT2D eigenvalue weighted by molar-refractivity contribution is 0.607. The van der Waals surface area contributed by atoms with Gasteiger partial charge in [0.25, 0.3) is 0 Å². The van der Waals surface area contributed by atoms with E-state index in [4.69, 9.17) is 0 Å². The van der Waals surface area contributed by atoms with Crippen LogP contribution in [0, 0.1) is 11.3 Å². The summed E-state index contributed by atoms with van der Waals surface area (Å²) in [6.07, 6.45) is 4.56. The number of thiophene rings is 1. The van der Waals surface area contributed by atoms with Crippen LogP contribution in [0.4, 0.5) is 17.1 Å². The van der Waals surface area contributed by atoms with Gasteiger partial charge in [0.05, 0.1) is 23.2 Å². The highest BCUT2D eigenvalue weighted by atomic mass is 32.2. The number of anilines is 3. The second kappa shape index (κ2) is 7.67. The molecule has 0 aliphatic carbocycles. The van der Waals surface area contributed by atoms with Crippen LogP contribution in [0.25, 0.3) is 31.6 Å². The van der Waals surface area contributed by atoms with Crippen LogP contribution in [-0.4, -0.2) is 24.6 Å². The Balaban J connectivity index is 1.63. The number of para-hydroxylation sites is 1. The van der Waals surface area contributed by atoms with Crippen LogP contribution < -0.4 is 10.0 Å². The van der Waals surface area contributed by atoms with Gasteiger partial charge in [0.15, 0.2) is 0 Å². The monoisotopic (exact) mass is 459 g/mol. The SMILES string of the molecule is CS(=O)(=O)Nc1ccccc1-c1cc2c(Nc3ccc4[nH]ccc4c3)c(C#N)cnc2s1. The van der Waals surface area contributed by atoms with Gasteiger partial charge >= 0.3 is 0 Å². The number of aromatic nitrogens is 2. The first-order valence-electron chi connectivity index (χ1n) is 9.65. The molecule has 0 saturated carbocycles. The summed E-state index contributed by atoms with van der Waals surface area (Å²) >= 11 is 1.44. The van der Waals surface area contributed by atoms with Gasteiger partial charge < -0.3 is 10.3 Å². The molecule has 0 aliphatic heterocycles. The Morgan fingerprint density at radius 3 is 2.78 bits per heavy atom. The van der Waals surface area contributed by atoms with E-state index in [0.29, 0.717) is 16.9 Å². The number of hydrogen-bond acceptors (Lipinski definition) is 6. The first-order chi connectivity index (χ1) is 15.4. The van der Waals surface area contributed by atoms with Crippen molar-refractivity contribution >= 4 is 59.5 Å². The van der Waals surface area contributed by atoms with Crippen molar-refractivity contribution in [2.45, 2.75) is 0 Å². The lowest BCUT2D eigenvalue weighted by atomic mass is 10.1. The van der Waals surface area contributed by atoms with Gasteiger partial charge in [-0.25, -0.2) is 13.4 Å². The number of pyridine rings is 1. The van der Waals surface area contributed by atoms with Crippen LogP contribution >= 0.6 is 11.3 Å². The van der Waals surface area contributed by atoms with E-state index >= 15 is 0 Å². The lowest BCUT2D eigenvalue weighted by Crippen LogP contribution is -2.10. The summed E-state index contributed by atoms with van der Waals surface area (Å²) in [7, 11) is -3.43. The van der Waals surface area contributed by atoms with Gasteiger partial charge in [-0.15, -0.1) is 11.3 Å². The van der Waals surface area contributed by atoms with Crippen LogP contribution in [0.2, 0.25) is 0 Å². The maximum absolute atomic E-state index is 11.8. The van der Waals surface area contributed by atoms with Crippen molar-refractivity contribution in [1.29, 1.82) is 5.26 Å². The molecule has 0 aliphatic rings. The Morgan fingerprint density at radius 2 is 1.97 bits per heavy atom. The average molecular weight is 460 g/mol. The molecule has 0 unspecified atom stereocenters. The Bertz CT molecular complexity index is 1630. The highest BCUT2D eigenvalue weighted by Gasteiger charge is 2.16. The number of sulfonamides is 1. The molecule has 7 nitrogen and oxygen atoms in total. The standard InChI is InChI=1S/C23H17N5O2S2/c1-32(29,30)28-20-5-3-2-4-17(20)21-11-18-22(15(12-24)13-26-23(18)31-21)27-16-6-7-19-14(10-16)8-9-25-19/h2-11,13,25,28H,1H3,(H,26,27). The van der Waals surface area contributed by atoms with E-state index in [-0.39, 0.29) is 0 Å². The van der Waals surface area contributed by atoms with E-state index in [1.165, 1.54) is 11.3 Å². The molecule has 2 aromatic carbocycles. The van der Waals surface area contributed by atoms with Crippen LogP contribution in [0.15, 0.2) is 67.0 Å². The fourth-order valence-electron chi connectivity index (χ4n) is 3.60. The first-order valence-corrected chi connectivity index (χ1v) is 12.4. The number of H-pyrrole nitrogens is 1. The quantitative estimate of drug-likeness (QED) is 0.324. The third kappa shape index (κ3) is 3.77. The zero-order valence-corrected chi connectivity index (χ0v) is 18.5. The molecule has 32 heavy (non-hydrogen) atoms. The summed E-state index contributed by atoms with van der Waals surface area (Å²) < 4.78 is 26.2. The van der Waals surface area contributed by atoms with Gasteiger partial charge in [-0.3, -0.25) is 4.72 Å². The molecule has 0 bridgehead atoms. The van der Waals surface area contributed by atoms with E-state index in [9.17, 15) is 13.7 Å². The number of hydrogen-bond donors (Lipinski definition) is 3. The summed E-state index contributed by atoms with van der Waals surface area (Å²) in [5, 5.41) is 14.9. The second-order valence-corrected chi connectivity index (χ2v) is 10.1. The summed E-state index contributed by atoms with van der Waals surface area (Å²) in [4.78, 5) is 9.22. The summed E-state index contributed by atoms with van der Waals surface area (Å²) in [6, 6.07) is 19.3. The number of nitriles is 1. The maximum atomic E-state index is 11.8. The molecule has 3 heterocycles. The molecule has 0 saturated heterocycles. The molecule has 5 rings (SSSR count). The molecule has 0 atom stereocenters. The zero-order chi connectivity index (χ0) is 22.3. The Hall–Kier alpha value is -3.87. The van der Waals surface area contributed by atoms with Gasteiger partial charge in [-0.2, -0.15) is 5.26 Å². The lowest BCUT2D eigenvalue weighted by Gasteiger charge is -2.10. The van der Waals surface area contributed by atoms with Gasteiger partial charge in [-0.05, 0) is 36.4 Å². The molecule has 9 heteroatoms. The largest absolute Gasteiger partial charge is 0.361 e. The van der Waals surface area contributed by atoms with Crippen molar-refractivity contribution in [3.8, 4) is 16.5 Å². The van der Waals surface area contributed by atoms with Crippen molar-refractivity contribution in [3.63, 3.8) is 0 Å². The Kier molecular flexibility index (Phi) is 4.81. The molecule has 158 valence electrons. The molecule has 5 aromatic rings. The van der Waals surface area contributed by atoms with Crippen molar-refractivity contribution < 1.29 is 8.42 Å². The Labute approximate surface area is 188 Å². The third-order valence-electron chi connectivity index (χ3n) is 4.99. The fourth-order valence-corrected chi connectivity index (χ4v) is 5.23. The third-order valence-corrected chi connectivity index (χ3v) is 6.66. The number of benzene rings is 2. The maximum Gasteiger partial charge on any atom is 0.229 e. The first kappa shape index (κ1) is 20.1. The second-order valence-electron chi connectivity index (χ2n) is 7.31. The van der Waals surface area contributed by atoms with E-state index in [2.05, 4.69) is 26.1 Å². The topological polar surface area (TPSA) is 111 Å². The highest BCUT2D eigenvalue weighted by Crippen LogP contribution is 2.41. The fraction of sp³-hybridized carbons (Fsp3) is 0.0435. The smallest absolute Gasteiger partial charge is 0.229 e. The van der Waals surface area contributed by atoms with Gasteiger partial charge in [-0.1, -0.05) is 18.2 Å². The minimum absolute atomic E-state index is 0.429. The molecule has 0 amide bonds. The molecular weight excluding hydrogens is 442 g/mol. The van der Waals surface area contributed by atoms with Gasteiger partial charge in [0.2, 0.25) is 10.0 Å². The summed E-state index contributed by atoms with van der Waals surface area (Å²) in [6.45, 7) is 0. The predicted molar refractivity (Wildman–Crippen MR) is 130 cm³/mol. The van der Waals surface area contributed by atoms with Crippen LogP contribution in [0.5, 0.6) is 0 Å². The van der Waals surface area contributed by atoms with E-state index in [0.717, 1.165) is 43.5 Å². The Morgan fingerprint density at radius 1 is 1.12 bits per heavy atom. The van der Waals surface area contributed by atoms with Gasteiger partial charge in [0.1, 0.15) is 10.9 Å². The molecule has 0 fully saturated rings. The van der Waals surface area contributed by atoms with Gasteiger partial charge in [0, 0.05) is 44.8 Å². The van der Waals surface area contributed by atoms with Crippen molar-refractivity contribution in [2.24, 2.45) is 0 Å². The number of rotatable bonds is 5. The van der Waals surface area contributed by atoms with Crippen LogP contribution in [0.1, 0.15) is 5.56 Å². The predicted octanol–water partition coefficient (Wildman–Crippen LogP) is 5.43. The molecule has 0 spiro atoms. The molecule has 3 N–H and O–H groups in total. The molecular formula is C23H17N5O2S2. The summed E-state index contributed by atoms with van der Waals surface area (Å²) in [5.41, 5.74) is 4.23. The highest BCUT2D eigenvalue weighted by molar-refractivity contribution is 7.92. The van der Waals surface area contributed by atoms with Crippen molar-refractivity contribution in [3.05, 3.63) is 72.6 Å². The zero-order valence-electron chi connectivity index (χ0n) is 16.9. The van der Waals surface area contributed by atoms with Crippen LogP contribution in [-0.2, 0) is 10.0 Å². The van der Waals surface area contributed by atoms with Crippen molar-refractivity contribution in [2.75, 3.05) is 16.3 Å². The van der Waals surface area contributed by atoms with E-state index in [1.54, 1.807) is 18.3 Å². The number of fused-ring (bicyclic) bond motifs is 2. The van der Waals surface area contributed by atoms with E-state index < -0.39 is 10.0 Å². The normalized spacial score (nSPS) is 11.5. The number of nitrogens with one attached hydrogen (secondary N) is 3. The number of nitrogens with zero attached hydrogens (tertiary/aromatic N) is 2. The summed E-state index contributed by atoms with van der Waals surface area (Å²) in [5.74, 6) is 0.